The highest BCUT2D eigenvalue weighted by Crippen LogP contribution is 2.19. The summed E-state index contributed by atoms with van der Waals surface area (Å²) in [5.41, 5.74) is 3.13. The second-order valence-corrected chi connectivity index (χ2v) is 8.37. The molecule has 0 bridgehead atoms. The van der Waals surface area contributed by atoms with Gasteiger partial charge in [0.05, 0.1) is 0 Å². The highest BCUT2D eigenvalue weighted by atomic mass is 35.5. The summed E-state index contributed by atoms with van der Waals surface area (Å²) in [4.78, 5) is 21.2. The van der Waals surface area contributed by atoms with Crippen molar-refractivity contribution in [1.29, 1.82) is 0 Å². The van der Waals surface area contributed by atoms with Crippen LogP contribution >= 0.6 is 23.4 Å². The first-order valence-corrected chi connectivity index (χ1v) is 10.9. The lowest BCUT2D eigenvalue weighted by molar-refractivity contribution is 0.0628. The zero-order valence-corrected chi connectivity index (χ0v) is 17.5. The van der Waals surface area contributed by atoms with Gasteiger partial charge in [0.2, 0.25) is 0 Å². The minimum atomic E-state index is 0.102. The van der Waals surface area contributed by atoms with Crippen LogP contribution in [-0.4, -0.2) is 57.1 Å². The Morgan fingerprint density at radius 2 is 1.69 bits per heavy atom. The van der Waals surface area contributed by atoms with Crippen LogP contribution in [-0.2, 0) is 12.3 Å². The number of benzene rings is 2. The molecule has 2 aromatic carbocycles. The van der Waals surface area contributed by atoms with Gasteiger partial charge in [-0.3, -0.25) is 14.8 Å². The molecule has 0 spiro atoms. The topological polar surface area (TPSA) is 65.1 Å². The Morgan fingerprint density at radius 1 is 1.00 bits per heavy atom. The van der Waals surface area contributed by atoms with Crippen molar-refractivity contribution in [3.05, 3.63) is 76.6 Å². The second kappa shape index (κ2) is 9.43. The van der Waals surface area contributed by atoms with Crippen LogP contribution in [0.1, 0.15) is 21.5 Å². The third-order valence-corrected chi connectivity index (χ3v) is 6.15. The molecule has 6 nitrogen and oxygen atoms in total. The maximum atomic E-state index is 12.8. The molecular weight excluding hydrogens is 406 g/mol. The average molecular weight is 428 g/mol. The average Bonchev–Trinajstić information content (AvgIpc) is 3.28. The second-order valence-electron chi connectivity index (χ2n) is 6.97. The summed E-state index contributed by atoms with van der Waals surface area (Å²) in [7, 11) is 0. The SMILES string of the molecule is O=C(c1ccc(CSc2ncn[nH]2)cc1)N1CCN(Cc2ccc(Cl)cc2)CC1. The molecule has 1 aromatic heterocycles. The van der Waals surface area contributed by atoms with Crippen molar-refractivity contribution >= 4 is 29.3 Å². The van der Waals surface area contributed by atoms with Gasteiger partial charge in [0.15, 0.2) is 5.16 Å². The number of nitrogens with zero attached hydrogens (tertiary/aromatic N) is 4. The minimum Gasteiger partial charge on any atom is -0.336 e. The van der Waals surface area contributed by atoms with E-state index in [2.05, 4.69) is 32.2 Å². The molecule has 29 heavy (non-hydrogen) atoms. The Labute approximate surface area is 179 Å². The van der Waals surface area contributed by atoms with Crippen molar-refractivity contribution in [3.8, 4) is 0 Å². The summed E-state index contributed by atoms with van der Waals surface area (Å²) in [5.74, 6) is 0.887. The van der Waals surface area contributed by atoms with Crippen molar-refractivity contribution in [3.63, 3.8) is 0 Å². The number of amides is 1. The third-order valence-electron chi connectivity index (χ3n) is 4.95. The molecule has 1 amide bonds. The number of thioether (sulfide) groups is 1. The molecule has 1 aliphatic heterocycles. The number of aromatic nitrogens is 3. The number of halogens is 1. The summed E-state index contributed by atoms with van der Waals surface area (Å²) in [5, 5.41) is 8.22. The number of piperazine rings is 1. The Hall–Kier alpha value is -2.35. The molecule has 8 heteroatoms. The zero-order valence-electron chi connectivity index (χ0n) is 15.9. The number of aromatic amines is 1. The smallest absolute Gasteiger partial charge is 0.253 e. The standard InChI is InChI=1S/C21H22ClN5OS/c22-19-7-3-16(4-8-19)13-26-9-11-27(12-10-26)20(28)18-5-1-17(2-6-18)14-29-21-23-15-24-25-21/h1-8,15H,9-14H2,(H,23,24,25). The van der Waals surface area contributed by atoms with Crippen LogP contribution < -0.4 is 0 Å². The number of rotatable bonds is 6. The Bertz CT molecular complexity index is 923. The van der Waals surface area contributed by atoms with Crippen LogP contribution in [0.2, 0.25) is 5.02 Å². The maximum absolute atomic E-state index is 12.8. The molecule has 2 heterocycles. The van der Waals surface area contributed by atoms with Crippen LogP contribution in [0.5, 0.6) is 0 Å². The maximum Gasteiger partial charge on any atom is 0.253 e. The molecule has 1 saturated heterocycles. The molecule has 1 N–H and O–H groups in total. The quantitative estimate of drug-likeness (QED) is 0.607. The van der Waals surface area contributed by atoms with Gasteiger partial charge in [-0.05, 0) is 35.4 Å². The van der Waals surface area contributed by atoms with Gasteiger partial charge < -0.3 is 4.90 Å². The van der Waals surface area contributed by atoms with Crippen molar-refractivity contribution in [1.82, 2.24) is 25.0 Å². The van der Waals surface area contributed by atoms with Crippen LogP contribution in [0.25, 0.3) is 0 Å². The Kier molecular flexibility index (Phi) is 6.49. The predicted octanol–water partition coefficient (Wildman–Crippen LogP) is 3.71. The first-order valence-electron chi connectivity index (χ1n) is 9.50. The summed E-state index contributed by atoms with van der Waals surface area (Å²) < 4.78 is 0. The van der Waals surface area contributed by atoms with Gasteiger partial charge in [-0.15, -0.1) is 0 Å². The largest absolute Gasteiger partial charge is 0.336 e. The third kappa shape index (κ3) is 5.38. The number of carbonyl (C=O) groups is 1. The molecule has 0 aliphatic carbocycles. The molecule has 1 fully saturated rings. The van der Waals surface area contributed by atoms with Crippen molar-refractivity contribution in [2.24, 2.45) is 0 Å². The van der Waals surface area contributed by atoms with Crippen molar-refractivity contribution < 1.29 is 4.79 Å². The minimum absolute atomic E-state index is 0.102. The highest BCUT2D eigenvalue weighted by Gasteiger charge is 2.22. The van der Waals surface area contributed by atoms with Gasteiger partial charge in [0, 0.05) is 49.1 Å². The van der Waals surface area contributed by atoms with Crippen molar-refractivity contribution in [2.45, 2.75) is 17.5 Å². The number of hydrogen-bond donors (Lipinski definition) is 1. The lowest BCUT2D eigenvalue weighted by atomic mass is 10.1. The molecule has 3 aromatic rings. The molecule has 150 valence electrons. The van der Waals surface area contributed by atoms with Crippen molar-refractivity contribution in [2.75, 3.05) is 26.2 Å². The molecule has 4 rings (SSSR count). The Morgan fingerprint density at radius 3 is 2.34 bits per heavy atom. The monoisotopic (exact) mass is 427 g/mol. The first kappa shape index (κ1) is 19.9. The van der Waals surface area contributed by atoms with E-state index >= 15 is 0 Å². The van der Waals surface area contributed by atoms with E-state index in [9.17, 15) is 4.79 Å². The summed E-state index contributed by atoms with van der Waals surface area (Å²) >= 11 is 7.54. The van der Waals surface area contributed by atoms with E-state index in [0.29, 0.717) is 0 Å². The fourth-order valence-corrected chi connectivity index (χ4v) is 4.16. The predicted molar refractivity (Wildman–Crippen MR) is 115 cm³/mol. The van der Waals surface area contributed by atoms with Crippen LogP contribution in [0, 0.1) is 0 Å². The number of H-pyrrole nitrogens is 1. The van der Waals surface area contributed by atoms with E-state index in [1.807, 2.05) is 41.3 Å². The zero-order chi connectivity index (χ0) is 20.1. The molecule has 0 atom stereocenters. The van der Waals surface area contributed by atoms with Crippen LogP contribution in [0.15, 0.2) is 60.0 Å². The Balaban J connectivity index is 1.27. The number of carbonyl (C=O) groups excluding carboxylic acids is 1. The molecule has 0 unspecified atom stereocenters. The molecule has 0 saturated carbocycles. The van der Waals surface area contributed by atoms with Gasteiger partial charge in [-0.2, -0.15) is 5.10 Å². The fourth-order valence-electron chi connectivity index (χ4n) is 3.30. The van der Waals surface area contributed by atoms with E-state index in [-0.39, 0.29) is 5.91 Å². The normalized spacial score (nSPS) is 14.9. The molecule has 0 radical (unpaired) electrons. The van der Waals surface area contributed by atoms with Gasteiger partial charge >= 0.3 is 0 Å². The van der Waals surface area contributed by atoms with E-state index in [1.54, 1.807) is 11.8 Å². The van der Waals surface area contributed by atoms with Crippen LogP contribution in [0.3, 0.4) is 0 Å². The first-order chi connectivity index (χ1) is 14.2. The summed E-state index contributed by atoms with van der Waals surface area (Å²) in [6.07, 6.45) is 1.50. The lowest BCUT2D eigenvalue weighted by Gasteiger charge is -2.34. The fraction of sp³-hybridized carbons (Fsp3) is 0.286. The van der Waals surface area contributed by atoms with E-state index in [4.69, 9.17) is 11.6 Å². The summed E-state index contributed by atoms with van der Waals surface area (Å²) in [6, 6.07) is 15.8. The van der Waals surface area contributed by atoms with E-state index < -0.39 is 0 Å². The van der Waals surface area contributed by atoms with Gasteiger partial charge in [0.1, 0.15) is 6.33 Å². The molecule has 1 aliphatic rings. The highest BCUT2D eigenvalue weighted by molar-refractivity contribution is 7.98. The lowest BCUT2D eigenvalue weighted by Crippen LogP contribution is -2.48. The van der Waals surface area contributed by atoms with Gasteiger partial charge in [-0.25, -0.2) is 4.98 Å². The van der Waals surface area contributed by atoms with Crippen LogP contribution in [0.4, 0.5) is 0 Å². The number of hydrogen-bond acceptors (Lipinski definition) is 5. The molecular formula is C21H22ClN5OS. The van der Waals surface area contributed by atoms with Gasteiger partial charge in [0.25, 0.3) is 5.91 Å². The number of nitrogens with one attached hydrogen (secondary N) is 1. The summed E-state index contributed by atoms with van der Waals surface area (Å²) in [6.45, 7) is 4.13. The van der Waals surface area contributed by atoms with E-state index in [0.717, 1.165) is 59.8 Å². The van der Waals surface area contributed by atoms with Gasteiger partial charge in [-0.1, -0.05) is 47.6 Å². The van der Waals surface area contributed by atoms with E-state index in [1.165, 1.54) is 11.9 Å².